The van der Waals surface area contributed by atoms with Gasteiger partial charge in [0, 0.05) is 11.6 Å². The maximum atomic E-state index is 14.0. The van der Waals surface area contributed by atoms with Crippen LogP contribution in [0.2, 0.25) is 5.02 Å². The lowest BCUT2D eigenvalue weighted by molar-refractivity contribution is -0.139. The van der Waals surface area contributed by atoms with Crippen LogP contribution in [0.5, 0.6) is 17.2 Å². The third-order valence-corrected chi connectivity index (χ3v) is 8.21. The number of carbonyl (C=O) groups excluding carboxylic acids is 1. The van der Waals surface area contributed by atoms with Crippen LogP contribution in [0.3, 0.4) is 0 Å². The van der Waals surface area contributed by atoms with Gasteiger partial charge in [-0.15, -0.1) is 0 Å². The highest BCUT2D eigenvalue weighted by atomic mass is 35.5. The number of aromatic nitrogens is 1. The molecule has 0 fully saturated rings. The molecule has 0 saturated carbocycles. The standard InChI is InChI=1S/C31H27ClN2O9S/c1-6-42-30(38)25-15(2)33-31-34(26(25)17-12-22(39-3)27(41-5)23(13-17)40-4)28(35)24(44-31)14-18-8-10-21(43-18)19-11-16(29(36)37)7-9-20(19)32/h7-14,26H,6H2,1-5H3,(H,36,37)/t26-/m1/s1. The predicted octanol–water partition coefficient (Wildman–Crippen LogP) is 4.44. The van der Waals surface area contributed by atoms with Crippen LogP contribution in [-0.2, 0) is 9.53 Å². The molecule has 1 aliphatic heterocycles. The van der Waals surface area contributed by atoms with Crippen molar-refractivity contribution in [1.29, 1.82) is 0 Å². The summed E-state index contributed by atoms with van der Waals surface area (Å²) in [6.07, 6.45) is 1.55. The van der Waals surface area contributed by atoms with Crippen molar-refractivity contribution >= 4 is 41.0 Å². The first-order valence-electron chi connectivity index (χ1n) is 13.2. The minimum Gasteiger partial charge on any atom is -0.493 e. The van der Waals surface area contributed by atoms with Gasteiger partial charge in [0.2, 0.25) is 5.75 Å². The Morgan fingerprint density at radius 2 is 1.80 bits per heavy atom. The summed E-state index contributed by atoms with van der Waals surface area (Å²) in [6.45, 7) is 3.50. The summed E-state index contributed by atoms with van der Waals surface area (Å²) < 4.78 is 29.6. The summed E-state index contributed by atoms with van der Waals surface area (Å²) in [5.41, 5.74) is 1.11. The Hall–Kier alpha value is -4.81. The van der Waals surface area contributed by atoms with Crippen molar-refractivity contribution in [3.8, 4) is 28.6 Å². The molecule has 2 aromatic carbocycles. The molecule has 1 atom stereocenters. The Morgan fingerprint density at radius 1 is 1.09 bits per heavy atom. The molecule has 0 amide bonds. The smallest absolute Gasteiger partial charge is 0.338 e. The minimum atomic E-state index is -1.10. The fraction of sp³-hybridized carbons (Fsp3) is 0.226. The van der Waals surface area contributed by atoms with Crippen LogP contribution in [0, 0.1) is 0 Å². The van der Waals surface area contributed by atoms with Gasteiger partial charge in [-0.05, 0) is 61.9 Å². The van der Waals surface area contributed by atoms with E-state index in [1.54, 1.807) is 44.2 Å². The van der Waals surface area contributed by atoms with E-state index >= 15 is 0 Å². The molecule has 0 unspecified atom stereocenters. The van der Waals surface area contributed by atoms with Crippen LogP contribution in [0.1, 0.15) is 41.6 Å². The Bertz CT molecular complexity index is 1980. The molecular weight excluding hydrogens is 612 g/mol. The first-order valence-corrected chi connectivity index (χ1v) is 14.4. The summed E-state index contributed by atoms with van der Waals surface area (Å²) in [4.78, 5) is 43.7. The lowest BCUT2D eigenvalue weighted by Crippen LogP contribution is -2.40. The molecule has 13 heteroatoms. The van der Waals surface area contributed by atoms with E-state index in [9.17, 15) is 19.5 Å². The highest BCUT2D eigenvalue weighted by molar-refractivity contribution is 7.07. The number of aromatic carboxylic acids is 1. The molecule has 3 heterocycles. The number of esters is 1. The van der Waals surface area contributed by atoms with Crippen LogP contribution >= 0.6 is 22.9 Å². The van der Waals surface area contributed by atoms with Crippen LogP contribution in [0.4, 0.5) is 0 Å². The van der Waals surface area contributed by atoms with Crippen LogP contribution in [-0.4, -0.2) is 49.5 Å². The van der Waals surface area contributed by atoms with E-state index in [0.717, 1.165) is 11.3 Å². The van der Waals surface area contributed by atoms with Gasteiger partial charge in [-0.2, -0.15) is 0 Å². The number of methoxy groups -OCH3 is 3. The van der Waals surface area contributed by atoms with Crippen molar-refractivity contribution in [2.24, 2.45) is 4.99 Å². The summed E-state index contributed by atoms with van der Waals surface area (Å²) in [6, 6.07) is 10.00. The average molecular weight is 639 g/mol. The molecular formula is C31H27ClN2O9S. The van der Waals surface area contributed by atoms with E-state index in [2.05, 4.69) is 4.99 Å². The molecule has 0 saturated heterocycles. The van der Waals surface area contributed by atoms with Crippen LogP contribution in [0.25, 0.3) is 17.4 Å². The van der Waals surface area contributed by atoms with Gasteiger partial charge >= 0.3 is 11.9 Å². The largest absolute Gasteiger partial charge is 0.493 e. The second-order valence-electron chi connectivity index (χ2n) is 9.46. The third-order valence-electron chi connectivity index (χ3n) is 6.90. The lowest BCUT2D eigenvalue weighted by atomic mass is 9.95. The van der Waals surface area contributed by atoms with Gasteiger partial charge in [-0.25, -0.2) is 14.6 Å². The van der Waals surface area contributed by atoms with Crippen molar-refractivity contribution in [2.45, 2.75) is 19.9 Å². The molecule has 44 heavy (non-hydrogen) atoms. The number of benzene rings is 2. The fourth-order valence-corrected chi connectivity index (χ4v) is 6.16. The van der Waals surface area contributed by atoms with E-state index in [4.69, 9.17) is 35.0 Å². The van der Waals surface area contributed by atoms with Crippen molar-refractivity contribution in [3.63, 3.8) is 0 Å². The van der Waals surface area contributed by atoms with E-state index in [1.807, 2.05) is 0 Å². The quantitative estimate of drug-likeness (QED) is 0.264. The number of furan rings is 1. The van der Waals surface area contributed by atoms with Crippen molar-refractivity contribution < 1.29 is 38.1 Å². The number of thiazole rings is 1. The van der Waals surface area contributed by atoms with Gasteiger partial charge in [-0.3, -0.25) is 9.36 Å². The van der Waals surface area contributed by atoms with Gasteiger partial charge in [0.15, 0.2) is 16.3 Å². The van der Waals surface area contributed by atoms with Gasteiger partial charge in [-0.1, -0.05) is 22.9 Å². The second kappa shape index (κ2) is 12.4. The number of halogens is 1. The van der Waals surface area contributed by atoms with Crippen LogP contribution < -0.4 is 29.1 Å². The first kappa shape index (κ1) is 30.6. The number of hydrogen-bond acceptors (Lipinski definition) is 10. The Balaban J connectivity index is 1.68. The first-order chi connectivity index (χ1) is 21.1. The van der Waals surface area contributed by atoms with Crippen molar-refractivity contribution in [2.75, 3.05) is 27.9 Å². The third kappa shape index (κ3) is 5.49. The average Bonchev–Trinajstić information content (AvgIpc) is 3.59. The molecule has 0 radical (unpaired) electrons. The monoisotopic (exact) mass is 638 g/mol. The molecule has 1 N–H and O–H groups in total. The summed E-state index contributed by atoms with van der Waals surface area (Å²) in [5, 5.41) is 9.68. The zero-order valence-corrected chi connectivity index (χ0v) is 25.9. The number of allylic oxidation sites excluding steroid dienone is 1. The molecule has 1 aliphatic rings. The number of carbonyl (C=O) groups is 2. The summed E-state index contributed by atoms with van der Waals surface area (Å²) in [7, 11) is 4.43. The molecule has 4 aromatic rings. The van der Waals surface area contributed by atoms with Crippen molar-refractivity contribution in [3.05, 3.63) is 95.3 Å². The normalized spacial score (nSPS) is 14.6. The van der Waals surface area contributed by atoms with E-state index in [0.29, 0.717) is 55.4 Å². The summed E-state index contributed by atoms with van der Waals surface area (Å²) >= 11 is 7.43. The van der Waals surface area contributed by atoms with E-state index < -0.39 is 23.5 Å². The molecule has 0 bridgehead atoms. The van der Waals surface area contributed by atoms with Gasteiger partial charge in [0.1, 0.15) is 11.5 Å². The molecule has 228 valence electrons. The van der Waals surface area contributed by atoms with Gasteiger partial charge < -0.3 is 28.5 Å². The molecule has 0 aliphatic carbocycles. The maximum Gasteiger partial charge on any atom is 0.338 e. The SMILES string of the molecule is CCOC(=O)C1=C(C)N=c2sc(=Cc3ccc(-c4cc(C(=O)O)ccc4Cl)o3)c(=O)n2[C@@H]1c1cc(OC)c(OC)c(OC)c1. The lowest BCUT2D eigenvalue weighted by Gasteiger charge is -2.26. The zero-order chi connectivity index (χ0) is 31.7. The number of carboxylic acid groups (broad SMARTS) is 1. The minimum absolute atomic E-state index is 0.0511. The van der Waals surface area contributed by atoms with E-state index in [1.165, 1.54) is 44.1 Å². The number of nitrogens with zero attached hydrogens (tertiary/aromatic N) is 2. The number of hydrogen-bond donors (Lipinski definition) is 1. The second-order valence-corrected chi connectivity index (χ2v) is 10.9. The molecule has 5 rings (SSSR count). The zero-order valence-electron chi connectivity index (χ0n) is 24.3. The highest BCUT2D eigenvalue weighted by Crippen LogP contribution is 2.42. The molecule has 2 aromatic heterocycles. The fourth-order valence-electron chi connectivity index (χ4n) is 4.92. The molecule has 11 nitrogen and oxygen atoms in total. The predicted molar refractivity (Wildman–Crippen MR) is 163 cm³/mol. The maximum absolute atomic E-state index is 14.0. The number of fused-ring (bicyclic) bond motifs is 1. The Labute approximate surface area is 259 Å². The van der Waals surface area contributed by atoms with Crippen LogP contribution in [0.15, 0.2) is 67.9 Å². The Morgan fingerprint density at radius 3 is 2.41 bits per heavy atom. The molecule has 0 spiro atoms. The number of rotatable bonds is 9. The topological polar surface area (TPSA) is 139 Å². The number of ether oxygens (including phenoxy) is 4. The van der Waals surface area contributed by atoms with E-state index in [-0.39, 0.29) is 22.3 Å². The van der Waals surface area contributed by atoms with Gasteiger partial charge in [0.25, 0.3) is 5.56 Å². The Kier molecular flexibility index (Phi) is 8.66. The van der Waals surface area contributed by atoms with Crippen molar-refractivity contribution in [1.82, 2.24) is 4.57 Å². The highest BCUT2D eigenvalue weighted by Gasteiger charge is 2.34. The van der Waals surface area contributed by atoms with Gasteiger partial charge in [0.05, 0.1) is 60.4 Å². The summed E-state index contributed by atoms with van der Waals surface area (Å²) in [5.74, 6) is -0.0215. The number of carboxylic acids is 1.